The largest absolute Gasteiger partial charge is 0.481 e. The predicted molar refractivity (Wildman–Crippen MR) is 64.3 cm³/mol. The van der Waals surface area contributed by atoms with E-state index in [9.17, 15) is 9.59 Å². The number of nitrogens with one attached hydrogen (secondary N) is 1. The number of carbonyl (C=O) groups excluding carboxylic acids is 1. The van der Waals surface area contributed by atoms with E-state index in [-0.39, 0.29) is 11.8 Å². The van der Waals surface area contributed by atoms with Gasteiger partial charge in [0.25, 0.3) is 0 Å². The van der Waals surface area contributed by atoms with Crippen molar-refractivity contribution in [3.05, 3.63) is 0 Å². The van der Waals surface area contributed by atoms with Gasteiger partial charge in [-0.2, -0.15) is 0 Å². The Balaban J connectivity index is 2.54. The van der Waals surface area contributed by atoms with Gasteiger partial charge in [0.15, 0.2) is 0 Å². The molecule has 4 N–H and O–H groups in total. The van der Waals surface area contributed by atoms with E-state index in [1.165, 1.54) is 0 Å². The van der Waals surface area contributed by atoms with Crippen LogP contribution in [0.25, 0.3) is 0 Å². The van der Waals surface area contributed by atoms with E-state index in [4.69, 9.17) is 10.8 Å². The summed E-state index contributed by atoms with van der Waals surface area (Å²) in [5.41, 5.74) is 5.34. The van der Waals surface area contributed by atoms with Gasteiger partial charge in [0, 0.05) is 6.54 Å². The molecule has 3 atom stereocenters. The maximum Gasteiger partial charge on any atom is 0.307 e. The van der Waals surface area contributed by atoms with E-state index >= 15 is 0 Å². The number of nitrogens with two attached hydrogens (primary N) is 1. The molecule has 0 aromatic rings. The minimum Gasteiger partial charge on any atom is -0.481 e. The zero-order valence-corrected chi connectivity index (χ0v) is 10.3. The topological polar surface area (TPSA) is 92.4 Å². The zero-order chi connectivity index (χ0) is 12.8. The summed E-state index contributed by atoms with van der Waals surface area (Å²) in [5.74, 6) is -1.49. The fourth-order valence-corrected chi connectivity index (χ4v) is 2.48. The molecule has 0 aromatic carbocycles. The Bertz CT molecular complexity index is 281. The second-order valence-electron chi connectivity index (χ2n) is 4.73. The monoisotopic (exact) mass is 242 g/mol. The quantitative estimate of drug-likeness (QED) is 0.594. The van der Waals surface area contributed by atoms with Crippen LogP contribution in [0.2, 0.25) is 0 Å². The molecule has 0 spiro atoms. The summed E-state index contributed by atoms with van der Waals surface area (Å²) in [4.78, 5) is 23.0. The van der Waals surface area contributed by atoms with Crippen LogP contribution in [0.3, 0.4) is 0 Å². The molecule has 5 nitrogen and oxygen atoms in total. The minimum atomic E-state index is -0.847. The van der Waals surface area contributed by atoms with E-state index in [0.717, 1.165) is 12.8 Å². The fourth-order valence-electron chi connectivity index (χ4n) is 2.48. The van der Waals surface area contributed by atoms with Crippen LogP contribution in [-0.4, -0.2) is 30.1 Å². The lowest BCUT2D eigenvalue weighted by atomic mass is 9.95. The first-order valence-electron chi connectivity index (χ1n) is 6.30. The SMILES string of the molecule is CCC1C[C@H](C(=O)NCCCN)[C@H](C(=O)O)C1. The maximum atomic E-state index is 11.9. The molecule has 0 heterocycles. The Kier molecular flexibility index (Phi) is 5.41. The number of hydrogen-bond donors (Lipinski definition) is 3. The van der Waals surface area contributed by atoms with Gasteiger partial charge in [0.05, 0.1) is 11.8 Å². The highest BCUT2D eigenvalue weighted by Gasteiger charge is 2.41. The lowest BCUT2D eigenvalue weighted by molar-refractivity contribution is -0.146. The van der Waals surface area contributed by atoms with Crippen LogP contribution in [0.1, 0.15) is 32.6 Å². The van der Waals surface area contributed by atoms with Crippen molar-refractivity contribution in [2.75, 3.05) is 13.1 Å². The average molecular weight is 242 g/mol. The van der Waals surface area contributed by atoms with Crippen molar-refractivity contribution in [2.45, 2.75) is 32.6 Å². The van der Waals surface area contributed by atoms with Crippen LogP contribution in [0.5, 0.6) is 0 Å². The first-order chi connectivity index (χ1) is 8.10. The smallest absolute Gasteiger partial charge is 0.307 e. The molecule has 5 heteroatoms. The normalized spacial score (nSPS) is 28.0. The summed E-state index contributed by atoms with van der Waals surface area (Å²) in [5, 5.41) is 11.9. The Morgan fingerprint density at radius 1 is 1.35 bits per heavy atom. The Hall–Kier alpha value is -1.10. The highest BCUT2D eigenvalue weighted by Crippen LogP contribution is 2.38. The third-order valence-electron chi connectivity index (χ3n) is 3.57. The van der Waals surface area contributed by atoms with Crippen LogP contribution >= 0.6 is 0 Å². The number of amides is 1. The Morgan fingerprint density at radius 2 is 2.00 bits per heavy atom. The molecule has 0 radical (unpaired) electrons. The molecule has 0 saturated heterocycles. The molecule has 1 aliphatic rings. The molecule has 0 bridgehead atoms. The van der Waals surface area contributed by atoms with Gasteiger partial charge in [-0.1, -0.05) is 13.3 Å². The second-order valence-corrected chi connectivity index (χ2v) is 4.73. The van der Waals surface area contributed by atoms with Crippen molar-refractivity contribution in [1.82, 2.24) is 5.32 Å². The molecular weight excluding hydrogens is 220 g/mol. The van der Waals surface area contributed by atoms with Crippen molar-refractivity contribution >= 4 is 11.9 Å². The van der Waals surface area contributed by atoms with Gasteiger partial charge in [-0.05, 0) is 31.7 Å². The molecule has 1 rings (SSSR count). The van der Waals surface area contributed by atoms with Crippen LogP contribution in [0.15, 0.2) is 0 Å². The molecule has 1 amide bonds. The molecular formula is C12H22N2O3. The maximum absolute atomic E-state index is 11.9. The highest BCUT2D eigenvalue weighted by atomic mass is 16.4. The van der Waals surface area contributed by atoms with E-state index < -0.39 is 11.9 Å². The average Bonchev–Trinajstić information content (AvgIpc) is 2.73. The molecule has 0 aliphatic heterocycles. The van der Waals surface area contributed by atoms with Gasteiger partial charge in [0.2, 0.25) is 5.91 Å². The Morgan fingerprint density at radius 3 is 2.53 bits per heavy atom. The molecule has 1 saturated carbocycles. The number of aliphatic carboxylic acids is 1. The summed E-state index contributed by atoms with van der Waals surface area (Å²) in [6, 6.07) is 0. The van der Waals surface area contributed by atoms with Crippen molar-refractivity contribution in [2.24, 2.45) is 23.5 Å². The fraction of sp³-hybridized carbons (Fsp3) is 0.833. The van der Waals surface area contributed by atoms with Crippen molar-refractivity contribution in [1.29, 1.82) is 0 Å². The third-order valence-corrected chi connectivity index (χ3v) is 3.57. The second kappa shape index (κ2) is 6.59. The van der Waals surface area contributed by atoms with Crippen molar-refractivity contribution < 1.29 is 14.7 Å². The van der Waals surface area contributed by atoms with Gasteiger partial charge in [-0.25, -0.2) is 0 Å². The summed E-state index contributed by atoms with van der Waals surface area (Å²) < 4.78 is 0. The third kappa shape index (κ3) is 3.70. The van der Waals surface area contributed by atoms with Crippen molar-refractivity contribution in [3.63, 3.8) is 0 Å². The standard InChI is InChI=1S/C12H22N2O3/c1-2-8-6-9(10(7-8)12(16)17)11(15)14-5-3-4-13/h8-10H,2-7,13H2,1H3,(H,14,15)(H,16,17)/t8?,9-,10+/m0/s1. The predicted octanol–water partition coefficient (Wildman–Crippen LogP) is 0.588. The number of hydrogen-bond acceptors (Lipinski definition) is 3. The molecule has 1 unspecified atom stereocenters. The minimum absolute atomic E-state index is 0.123. The van der Waals surface area contributed by atoms with Gasteiger partial charge in [-0.15, -0.1) is 0 Å². The zero-order valence-electron chi connectivity index (χ0n) is 10.3. The molecule has 17 heavy (non-hydrogen) atoms. The molecule has 1 aliphatic carbocycles. The van der Waals surface area contributed by atoms with Crippen LogP contribution in [0.4, 0.5) is 0 Å². The first-order valence-corrected chi connectivity index (χ1v) is 6.30. The number of carboxylic acid groups (broad SMARTS) is 1. The lowest BCUT2D eigenvalue weighted by Crippen LogP contribution is -2.36. The number of carbonyl (C=O) groups is 2. The lowest BCUT2D eigenvalue weighted by Gasteiger charge is -2.15. The summed E-state index contributed by atoms with van der Waals surface area (Å²) in [6.45, 7) is 3.11. The van der Waals surface area contributed by atoms with E-state index in [0.29, 0.717) is 31.8 Å². The van der Waals surface area contributed by atoms with Crippen LogP contribution in [-0.2, 0) is 9.59 Å². The molecule has 1 fully saturated rings. The van der Waals surface area contributed by atoms with E-state index in [1.807, 2.05) is 6.92 Å². The van der Waals surface area contributed by atoms with Gasteiger partial charge >= 0.3 is 5.97 Å². The van der Waals surface area contributed by atoms with Gasteiger partial charge in [-0.3, -0.25) is 9.59 Å². The first kappa shape index (κ1) is 14.0. The highest BCUT2D eigenvalue weighted by molar-refractivity contribution is 5.85. The summed E-state index contributed by atoms with van der Waals surface area (Å²) in [6.07, 6.45) is 2.99. The van der Waals surface area contributed by atoms with Crippen molar-refractivity contribution in [3.8, 4) is 0 Å². The van der Waals surface area contributed by atoms with Crippen LogP contribution in [0, 0.1) is 17.8 Å². The van der Waals surface area contributed by atoms with Gasteiger partial charge in [0.1, 0.15) is 0 Å². The number of rotatable bonds is 6. The van der Waals surface area contributed by atoms with Crippen LogP contribution < -0.4 is 11.1 Å². The number of carboxylic acids is 1. The summed E-state index contributed by atoms with van der Waals surface area (Å²) >= 11 is 0. The van der Waals surface area contributed by atoms with E-state index in [2.05, 4.69) is 5.32 Å². The molecule has 98 valence electrons. The summed E-state index contributed by atoms with van der Waals surface area (Å²) in [7, 11) is 0. The van der Waals surface area contributed by atoms with E-state index in [1.54, 1.807) is 0 Å². The molecule has 0 aromatic heterocycles. The van der Waals surface area contributed by atoms with Gasteiger partial charge < -0.3 is 16.2 Å². The Labute approximate surface area is 102 Å².